The standard InChI is InChI=1S/C39H54ClN3O3/c1-5-28-23-29(32-10-6-9-31(28)32)15-13-26-12-11-25(20-26)8-7-19-46-37(44)18-14-27-21-33(39(2,3)4)38(45)36(22-27)43-41-34-17-16-30(40)24-35(34)42-43/h16-17,21-22,24-26,28-29,31-32,45H,5-15,18-20,23H2,1-4H3. The molecule has 0 spiro atoms. The third-order valence-electron chi connectivity index (χ3n) is 11.7. The van der Waals surface area contributed by atoms with Crippen molar-refractivity contribution >= 4 is 28.6 Å². The second-order valence-electron chi connectivity index (χ2n) is 15.8. The molecule has 0 aliphatic heterocycles. The summed E-state index contributed by atoms with van der Waals surface area (Å²) in [4.78, 5) is 14.2. The minimum atomic E-state index is -0.307. The first kappa shape index (κ1) is 33.3. The number of benzene rings is 2. The molecule has 6 rings (SSSR count). The molecule has 6 nitrogen and oxygen atoms in total. The first-order chi connectivity index (χ1) is 22.1. The minimum Gasteiger partial charge on any atom is -0.505 e. The number of nitrogens with zero attached hydrogens (tertiary/aromatic N) is 3. The van der Waals surface area contributed by atoms with Crippen LogP contribution in [0, 0.1) is 35.5 Å². The molecule has 1 aromatic heterocycles. The van der Waals surface area contributed by atoms with E-state index < -0.39 is 0 Å². The van der Waals surface area contributed by atoms with E-state index in [4.69, 9.17) is 16.3 Å². The van der Waals surface area contributed by atoms with E-state index in [0.717, 1.165) is 53.1 Å². The van der Waals surface area contributed by atoms with Gasteiger partial charge in [-0.1, -0.05) is 77.5 Å². The van der Waals surface area contributed by atoms with E-state index in [0.29, 0.717) is 41.2 Å². The number of rotatable bonds is 12. The molecule has 1 N–H and O–H groups in total. The lowest BCUT2D eigenvalue weighted by Gasteiger charge is -2.23. The van der Waals surface area contributed by atoms with E-state index in [-0.39, 0.29) is 17.1 Å². The number of ether oxygens (including phenoxy) is 1. The number of halogens is 1. The molecular weight excluding hydrogens is 594 g/mol. The van der Waals surface area contributed by atoms with Crippen LogP contribution in [0.2, 0.25) is 5.02 Å². The molecule has 6 atom stereocenters. The summed E-state index contributed by atoms with van der Waals surface area (Å²) < 4.78 is 5.68. The number of aromatic nitrogens is 3. The Hall–Kier alpha value is -2.60. The van der Waals surface area contributed by atoms with Crippen LogP contribution in [0.25, 0.3) is 16.7 Å². The number of carbonyl (C=O) groups excluding carboxylic acids is 1. The number of phenols is 1. The molecule has 2 aromatic carbocycles. The molecule has 3 aliphatic carbocycles. The number of fused-ring (bicyclic) bond motifs is 2. The van der Waals surface area contributed by atoms with Gasteiger partial charge >= 0.3 is 5.97 Å². The zero-order valence-corrected chi connectivity index (χ0v) is 29.2. The molecule has 3 fully saturated rings. The van der Waals surface area contributed by atoms with Gasteiger partial charge in [-0.05, 0) is 122 Å². The summed E-state index contributed by atoms with van der Waals surface area (Å²) in [6, 6.07) is 9.21. The van der Waals surface area contributed by atoms with Crippen LogP contribution in [-0.4, -0.2) is 32.7 Å². The predicted molar refractivity (Wildman–Crippen MR) is 186 cm³/mol. The Bertz CT molecular complexity index is 1510. The van der Waals surface area contributed by atoms with E-state index >= 15 is 0 Å². The second kappa shape index (κ2) is 14.3. The Morgan fingerprint density at radius 2 is 1.70 bits per heavy atom. The van der Waals surface area contributed by atoms with Crippen molar-refractivity contribution in [3.8, 4) is 11.4 Å². The number of hydrogen-bond donors (Lipinski definition) is 1. The number of aryl methyl sites for hydroxylation is 1. The molecule has 0 radical (unpaired) electrons. The maximum atomic E-state index is 12.7. The molecule has 6 unspecified atom stereocenters. The molecule has 46 heavy (non-hydrogen) atoms. The van der Waals surface area contributed by atoms with Crippen molar-refractivity contribution in [1.29, 1.82) is 0 Å². The summed E-state index contributed by atoms with van der Waals surface area (Å²) in [6.45, 7) is 9.10. The summed E-state index contributed by atoms with van der Waals surface area (Å²) in [6.07, 6.45) is 17.3. The molecule has 3 aliphatic rings. The highest BCUT2D eigenvalue weighted by molar-refractivity contribution is 6.31. The van der Waals surface area contributed by atoms with E-state index in [1.54, 1.807) is 12.1 Å². The Morgan fingerprint density at radius 1 is 0.957 bits per heavy atom. The van der Waals surface area contributed by atoms with Crippen LogP contribution in [0.4, 0.5) is 0 Å². The molecular formula is C39H54ClN3O3. The normalized spacial score (nSPS) is 26.2. The van der Waals surface area contributed by atoms with Crippen LogP contribution in [0.5, 0.6) is 5.75 Å². The molecule has 250 valence electrons. The van der Waals surface area contributed by atoms with Crippen LogP contribution in [0.1, 0.15) is 122 Å². The van der Waals surface area contributed by atoms with Crippen LogP contribution in [0.3, 0.4) is 0 Å². The maximum Gasteiger partial charge on any atom is 0.306 e. The van der Waals surface area contributed by atoms with Crippen molar-refractivity contribution in [2.75, 3.05) is 6.61 Å². The second-order valence-corrected chi connectivity index (χ2v) is 16.2. The highest BCUT2D eigenvalue weighted by Gasteiger charge is 2.44. The average Bonchev–Trinajstić information content (AvgIpc) is 3.82. The molecule has 3 aromatic rings. The number of phenolic OH excluding ortho intramolecular Hbond substituents is 1. The van der Waals surface area contributed by atoms with E-state index in [9.17, 15) is 9.90 Å². The molecule has 1 heterocycles. The SMILES string of the molecule is CCC1CC(CCC2CCC(CCCOC(=O)CCc3cc(-n4nc5ccc(Cl)cc5n4)c(O)c(C(C)(C)C)c3)C2)C2CCCC12. The van der Waals surface area contributed by atoms with Gasteiger partial charge in [0.15, 0.2) is 0 Å². The van der Waals surface area contributed by atoms with Gasteiger partial charge in [-0.3, -0.25) is 4.79 Å². The smallest absolute Gasteiger partial charge is 0.306 e. The first-order valence-corrected chi connectivity index (χ1v) is 18.5. The van der Waals surface area contributed by atoms with Gasteiger partial charge in [0.25, 0.3) is 0 Å². The zero-order valence-electron chi connectivity index (χ0n) is 28.4. The van der Waals surface area contributed by atoms with Gasteiger partial charge < -0.3 is 9.84 Å². The van der Waals surface area contributed by atoms with Crippen LogP contribution >= 0.6 is 11.6 Å². The summed E-state index contributed by atoms with van der Waals surface area (Å²) in [5.41, 5.74) is 3.27. The van der Waals surface area contributed by atoms with Gasteiger partial charge in [0.05, 0.1) is 6.61 Å². The Balaban J connectivity index is 0.954. The average molecular weight is 648 g/mol. The van der Waals surface area contributed by atoms with Gasteiger partial charge in [0, 0.05) is 17.0 Å². The number of hydrogen-bond acceptors (Lipinski definition) is 5. The summed E-state index contributed by atoms with van der Waals surface area (Å²) in [5.74, 6) is 5.80. The fourth-order valence-corrected chi connectivity index (χ4v) is 9.46. The third kappa shape index (κ3) is 7.58. The summed E-state index contributed by atoms with van der Waals surface area (Å²) in [7, 11) is 0. The number of carbonyl (C=O) groups is 1. The van der Waals surface area contributed by atoms with Crippen molar-refractivity contribution < 1.29 is 14.6 Å². The van der Waals surface area contributed by atoms with Gasteiger partial charge in [-0.2, -0.15) is 0 Å². The topological polar surface area (TPSA) is 77.2 Å². The molecule has 0 saturated heterocycles. The van der Waals surface area contributed by atoms with Gasteiger partial charge in [-0.25, -0.2) is 0 Å². The maximum absolute atomic E-state index is 12.7. The lowest BCUT2D eigenvalue weighted by atomic mass is 9.84. The van der Waals surface area contributed by atoms with Gasteiger partial charge in [-0.15, -0.1) is 15.0 Å². The lowest BCUT2D eigenvalue weighted by molar-refractivity contribution is -0.143. The largest absolute Gasteiger partial charge is 0.505 e. The monoisotopic (exact) mass is 647 g/mol. The summed E-state index contributed by atoms with van der Waals surface area (Å²) in [5, 5.41) is 20.9. The van der Waals surface area contributed by atoms with Crippen LogP contribution < -0.4 is 0 Å². The number of esters is 1. The van der Waals surface area contributed by atoms with E-state index in [2.05, 4.69) is 37.9 Å². The number of aromatic hydroxyl groups is 1. The quantitative estimate of drug-likeness (QED) is 0.156. The van der Waals surface area contributed by atoms with Crippen molar-refractivity contribution in [1.82, 2.24) is 15.0 Å². The van der Waals surface area contributed by atoms with E-state index in [1.165, 1.54) is 75.4 Å². The van der Waals surface area contributed by atoms with Crippen LogP contribution in [-0.2, 0) is 21.4 Å². The molecule has 0 bridgehead atoms. The Labute approximate surface area is 280 Å². The van der Waals surface area contributed by atoms with Gasteiger partial charge in [0.1, 0.15) is 22.5 Å². The highest BCUT2D eigenvalue weighted by Crippen LogP contribution is 2.54. The molecule has 3 saturated carbocycles. The van der Waals surface area contributed by atoms with Crippen molar-refractivity contribution in [3.63, 3.8) is 0 Å². The summed E-state index contributed by atoms with van der Waals surface area (Å²) >= 11 is 6.15. The van der Waals surface area contributed by atoms with Crippen molar-refractivity contribution in [2.24, 2.45) is 35.5 Å². The van der Waals surface area contributed by atoms with E-state index in [1.807, 2.05) is 18.2 Å². The van der Waals surface area contributed by atoms with Crippen LogP contribution in [0.15, 0.2) is 30.3 Å². The zero-order chi connectivity index (χ0) is 32.4. The van der Waals surface area contributed by atoms with Crippen molar-refractivity contribution in [3.05, 3.63) is 46.5 Å². The van der Waals surface area contributed by atoms with Crippen molar-refractivity contribution in [2.45, 2.75) is 123 Å². The molecule has 7 heteroatoms. The first-order valence-electron chi connectivity index (χ1n) is 18.1. The molecule has 0 amide bonds. The fraction of sp³-hybridized carbons (Fsp3) is 0.667. The Kier molecular flexibility index (Phi) is 10.3. The predicted octanol–water partition coefficient (Wildman–Crippen LogP) is 9.99. The Morgan fingerprint density at radius 3 is 2.46 bits per heavy atom. The fourth-order valence-electron chi connectivity index (χ4n) is 9.30. The minimum absolute atomic E-state index is 0.144. The van der Waals surface area contributed by atoms with Gasteiger partial charge in [0.2, 0.25) is 0 Å². The third-order valence-corrected chi connectivity index (χ3v) is 11.9. The highest BCUT2D eigenvalue weighted by atomic mass is 35.5. The lowest BCUT2D eigenvalue weighted by Crippen LogP contribution is -2.14.